The van der Waals surface area contributed by atoms with Crippen molar-refractivity contribution in [3.63, 3.8) is 0 Å². The van der Waals surface area contributed by atoms with Gasteiger partial charge in [0.1, 0.15) is 0 Å². The Kier molecular flexibility index (Phi) is 4.13. The molecule has 1 aromatic rings. The summed E-state index contributed by atoms with van der Waals surface area (Å²) in [5.41, 5.74) is 1.10. The Morgan fingerprint density at radius 3 is 2.88 bits per heavy atom. The lowest BCUT2D eigenvalue weighted by Crippen LogP contribution is -2.32. The summed E-state index contributed by atoms with van der Waals surface area (Å²) in [4.78, 5) is 6.68. The van der Waals surface area contributed by atoms with Gasteiger partial charge >= 0.3 is 0 Å². The number of pyridine rings is 1. The van der Waals surface area contributed by atoms with Crippen molar-refractivity contribution in [2.45, 2.75) is 38.3 Å². The van der Waals surface area contributed by atoms with Crippen LogP contribution in [0.15, 0.2) is 24.4 Å². The second kappa shape index (κ2) is 5.61. The van der Waals surface area contributed by atoms with Gasteiger partial charge in [-0.25, -0.2) is 0 Å². The van der Waals surface area contributed by atoms with E-state index in [0.29, 0.717) is 12.0 Å². The molecule has 1 heterocycles. The van der Waals surface area contributed by atoms with Crippen LogP contribution in [0.1, 0.15) is 37.9 Å². The van der Waals surface area contributed by atoms with Crippen molar-refractivity contribution in [3.05, 3.63) is 30.1 Å². The first-order chi connectivity index (χ1) is 8.18. The van der Waals surface area contributed by atoms with Crippen LogP contribution in [0.25, 0.3) is 0 Å². The molecular formula is C14H22N2O. The molecule has 0 aromatic carbocycles. The van der Waals surface area contributed by atoms with Crippen molar-refractivity contribution in [2.24, 2.45) is 5.92 Å². The molecule has 1 aliphatic carbocycles. The van der Waals surface area contributed by atoms with E-state index in [1.54, 1.807) is 0 Å². The molecule has 0 amide bonds. The van der Waals surface area contributed by atoms with Gasteiger partial charge in [0.15, 0.2) is 0 Å². The smallest absolute Gasteiger partial charge is 0.0580 e. The molecule has 0 radical (unpaired) electrons. The summed E-state index contributed by atoms with van der Waals surface area (Å²) in [6, 6.07) is 6.34. The molecule has 3 unspecified atom stereocenters. The first-order valence-corrected chi connectivity index (χ1v) is 6.47. The fourth-order valence-electron chi connectivity index (χ4n) is 2.61. The van der Waals surface area contributed by atoms with Crippen molar-refractivity contribution in [1.82, 2.24) is 9.88 Å². The van der Waals surface area contributed by atoms with E-state index in [-0.39, 0.29) is 6.10 Å². The zero-order chi connectivity index (χ0) is 12.3. The minimum atomic E-state index is -0.103. The fourth-order valence-corrected chi connectivity index (χ4v) is 2.61. The third kappa shape index (κ3) is 3.05. The van der Waals surface area contributed by atoms with Gasteiger partial charge in [-0.1, -0.05) is 12.5 Å². The minimum Gasteiger partial charge on any atom is -0.393 e. The molecule has 3 heteroatoms. The maximum atomic E-state index is 9.85. The van der Waals surface area contributed by atoms with Gasteiger partial charge in [-0.05, 0) is 44.9 Å². The van der Waals surface area contributed by atoms with Crippen molar-refractivity contribution < 1.29 is 5.11 Å². The van der Waals surface area contributed by atoms with E-state index in [0.717, 1.165) is 31.5 Å². The van der Waals surface area contributed by atoms with Crippen LogP contribution in [-0.2, 0) is 0 Å². The molecule has 2 rings (SSSR count). The zero-order valence-corrected chi connectivity index (χ0v) is 10.7. The summed E-state index contributed by atoms with van der Waals surface area (Å²) in [5.74, 6) is 0.436. The van der Waals surface area contributed by atoms with Crippen LogP contribution in [0.4, 0.5) is 0 Å². The van der Waals surface area contributed by atoms with E-state index in [1.807, 2.05) is 18.3 Å². The number of hydrogen-bond donors (Lipinski definition) is 1. The highest BCUT2D eigenvalue weighted by Crippen LogP contribution is 2.28. The molecule has 17 heavy (non-hydrogen) atoms. The summed E-state index contributed by atoms with van der Waals surface area (Å²) in [6.45, 7) is 3.13. The van der Waals surface area contributed by atoms with Gasteiger partial charge in [0.05, 0.1) is 11.8 Å². The molecule has 0 aliphatic heterocycles. The molecule has 1 saturated carbocycles. The Balaban J connectivity index is 1.93. The van der Waals surface area contributed by atoms with E-state index >= 15 is 0 Å². The number of aliphatic hydroxyl groups excluding tert-OH is 1. The Morgan fingerprint density at radius 1 is 1.47 bits per heavy atom. The molecule has 0 bridgehead atoms. The Morgan fingerprint density at radius 2 is 2.29 bits per heavy atom. The molecule has 1 aliphatic rings. The van der Waals surface area contributed by atoms with E-state index < -0.39 is 0 Å². The maximum absolute atomic E-state index is 9.85. The van der Waals surface area contributed by atoms with E-state index in [4.69, 9.17) is 0 Å². The Labute approximate surface area is 103 Å². The van der Waals surface area contributed by atoms with Gasteiger partial charge in [-0.3, -0.25) is 9.88 Å². The van der Waals surface area contributed by atoms with Gasteiger partial charge in [-0.15, -0.1) is 0 Å². The number of hydrogen-bond acceptors (Lipinski definition) is 3. The van der Waals surface area contributed by atoms with Crippen LogP contribution in [0.2, 0.25) is 0 Å². The minimum absolute atomic E-state index is 0.103. The van der Waals surface area contributed by atoms with E-state index in [2.05, 4.69) is 29.9 Å². The lowest BCUT2D eigenvalue weighted by molar-refractivity contribution is 0.0984. The molecule has 94 valence electrons. The van der Waals surface area contributed by atoms with E-state index in [9.17, 15) is 5.11 Å². The average Bonchev–Trinajstić information content (AvgIpc) is 2.75. The molecule has 3 atom stereocenters. The second-order valence-corrected chi connectivity index (χ2v) is 5.13. The summed E-state index contributed by atoms with van der Waals surface area (Å²) in [6.07, 6.45) is 5.02. The zero-order valence-electron chi connectivity index (χ0n) is 10.7. The summed E-state index contributed by atoms with van der Waals surface area (Å²) < 4.78 is 0. The number of aliphatic hydroxyl groups is 1. The number of nitrogens with zero attached hydrogens (tertiary/aromatic N) is 2. The van der Waals surface area contributed by atoms with Crippen LogP contribution in [0.3, 0.4) is 0 Å². The van der Waals surface area contributed by atoms with Gasteiger partial charge < -0.3 is 5.11 Å². The maximum Gasteiger partial charge on any atom is 0.0580 e. The van der Waals surface area contributed by atoms with Crippen LogP contribution < -0.4 is 0 Å². The fraction of sp³-hybridized carbons (Fsp3) is 0.643. The molecule has 1 N–H and O–H groups in total. The average molecular weight is 234 g/mol. The highest BCUT2D eigenvalue weighted by molar-refractivity contribution is 5.07. The SMILES string of the molecule is CC(c1ccccn1)N(C)CC1CCCC1O. The third-order valence-electron chi connectivity index (χ3n) is 3.92. The van der Waals surface area contributed by atoms with Crippen molar-refractivity contribution >= 4 is 0 Å². The molecule has 0 spiro atoms. The Bertz CT molecular complexity index is 341. The van der Waals surface area contributed by atoms with E-state index in [1.165, 1.54) is 0 Å². The van der Waals surface area contributed by atoms with Crippen molar-refractivity contribution in [1.29, 1.82) is 0 Å². The molecule has 0 saturated heterocycles. The van der Waals surface area contributed by atoms with Crippen molar-refractivity contribution in [3.8, 4) is 0 Å². The van der Waals surface area contributed by atoms with Gasteiger partial charge in [-0.2, -0.15) is 0 Å². The third-order valence-corrected chi connectivity index (χ3v) is 3.92. The number of rotatable bonds is 4. The van der Waals surface area contributed by atoms with Crippen LogP contribution >= 0.6 is 0 Å². The highest BCUT2D eigenvalue weighted by atomic mass is 16.3. The first kappa shape index (κ1) is 12.5. The number of aromatic nitrogens is 1. The summed E-state index contributed by atoms with van der Waals surface area (Å²) in [7, 11) is 2.12. The van der Waals surface area contributed by atoms with Gasteiger partial charge in [0, 0.05) is 18.8 Å². The first-order valence-electron chi connectivity index (χ1n) is 6.47. The monoisotopic (exact) mass is 234 g/mol. The largest absolute Gasteiger partial charge is 0.393 e. The molecule has 3 nitrogen and oxygen atoms in total. The van der Waals surface area contributed by atoms with Crippen molar-refractivity contribution in [2.75, 3.05) is 13.6 Å². The highest BCUT2D eigenvalue weighted by Gasteiger charge is 2.27. The standard InChI is InChI=1S/C14H22N2O/c1-11(13-7-3-4-9-15-13)16(2)10-12-6-5-8-14(12)17/h3-4,7,9,11-12,14,17H,5-6,8,10H2,1-2H3. The predicted octanol–water partition coefficient (Wildman–Crippen LogP) is 2.24. The topological polar surface area (TPSA) is 36.4 Å². The predicted molar refractivity (Wildman–Crippen MR) is 68.6 cm³/mol. The Hall–Kier alpha value is -0.930. The molecular weight excluding hydrogens is 212 g/mol. The van der Waals surface area contributed by atoms with Crippen LogP contribution in [0, 0.1) is 5.92 Å². The second-order valence-electron chi connectivity index (χ2n) is 5.13. The normalized spacial score (nSPS) is 26.4. The molecule has 1 aromatic heterocycles. The lowest BCUT2D eigenvalue weighted by atomic mass is 10.0. The summed E-state index contributed by atoms with van der Waals surface area (Å²) in [5, 5.41) is 9.85. The quantitative estimate of drug-likeness (QED) is 0.868. The lowest BCUT2D eigenvalue weighted by Gasteiger charge is -2.28. The van der Waals surface area contributed by atoms with Crippen LogP contribution in [0.5, 0.6) is 0 Å². The molecule has 1 fully saturated rings. The van der Waals surface area contributed by atoms with Crippen LogP contribution in [-0.4, -0.2) is 34.7 Å². The van der Waals surface area contributed by atoms with Gasteiger partial charge in [0.2, 0.25) is 0 Å². The van der Waals surface area contributed by atoms with Gasteiger partial charge in [0.25, 0.3) is 0 Å². The summed E-state index contributed by atoms with van der Waals surface area (Å²) >= 11 is 0.